The van der Waals surface area contributed by atoms with Crippen LogP contribution in [0.1, 0.15) is 19.0 Å². The minimum Gasteiger partial charge on any atom is -0.269 e. The molecule has 0 saturated carbocycles. The molecule has 1 aromatic heterocycles. The lowest BCUT2D eigenvalue weighted by Crippen LogP contribution is -2.22. The number of hydrogen-bond acceptors (Lipinski definition) is 1. The predicted molar refractivity (Wildman–Crippen MR) is 41.3 cm³/mol. The second-order valence-corrected chi connectivity index (χ2v) is 2.38. The number of pyridine rings is 1. The minimum absolute atomic E-state index is 0.415. The van der Waals surface area contributed by atoms with Crippen LogP contribution in [0.15, 0.2) is 23.1 Å². The number of aryl methyl sites for hydroxylation is 1. The van der Waals surface area contributed by atoms with Crippen molar-refractivity contribution in [2.75, 3.05) is 0 Å². The molecule has 0 bridgehead atoms. The molecule has 0 aliphatic rings. The summed E-state index contributed by atoms with van der Waals surface area (Å²) in [5.41, 5.74) is -0.187. The third kappa shape index (κ3) is 1.52. The van der Waals surface area contributed by atoms with Gasteiger partial charge >= 0.3 is 6.55 Å². The lowest BCUT2D eigenvalue weighted by molar-refractivity contribution is 0.0660. The fourth-order valence-electron chi connectivity index (χ4n) is 0.979. The monoisotopic (exact) mass is 173 g/mol. The van der Waals surface area contributed by atoms with Gasteiger partial charge in [0.25, 0.3) is 5.56 Å². The third-order valence-electron chi connectivity index (χ3n) is 1.64. The van der Waals surface area contributed by atoms with Crippen LogP contribution in [0, 0.1) is 0 Å². The van der Waals surface area contributed by atoms with E-state index < -0.39 is 12.1 Å². The van der Waals surface area contributed by atoms with Crippen molar-refractivity contribution in [2.24, 2.45) is 0 Å². The van der Waals surface area contributed by atoms with Crippen molar-refractivity contribution in [2.45, 2.75) is 19.9 Å². The Bertz CT molecular complexity index is 319. The predicted octanol–water partition coefficient (Wildman–Crippen LogP) is 1.81. The number of nitrogens with zero attached hydrogens (tertiary/aromatic N) is 1. The summed E-state index contributed by atoms with van der Waals surface area (Å²) in [6, 6.07) is 3.01. The molecule has 1 aromatic rings. The Morgan fingerprint density at radius 1 is 1.58 bits per heavy atom. The average molecular weight is 173 g/mol. The van der Waals surface area contributed by atoms with Crippen LogP contribution < -0.4 is 5.56 Å². The molecule has 1 rings (SSSR count). The van der Waals surface area contributed by atoms with E-state index in [0.29, 0.717) is 16.6 Å². The normalized spacial score (nSPS) is 10.7. The van der Waals surface area contributed by atoms with Crippen LogP contribution in [0.5, 0.6) is 0 Å². The zero-order valence-corrected chi connectivity index (χ0v) is 6.63. The molecule has 4 heteroatoms. The van der Waals surface area contributed by atoms with Crippen molar-refractivity contribution in [3.05, 3.63) is 34.2 Å². The van der Waals surface area contributed by atoms with Crippen LogP contribution in [0.3, 0.4) is 0 Å². The first-order chi connectivity index (χ1) is 5.66. The van der Waals surface area contributed by atoms with Gasteiger partial charge in [-0.25, -0.2) is 0 Å². The van der Waals surface area contributed by atoms with Gasteiger partial charge in [0.2, 0.25) is 0 Å². The molecule has 0 unspecified atom stereocenters. The molecule has 2 nitrogen and oxygen atoms in total. The van der Waals surface area contributed by atoms with Crippen molar-refractivity contribution in [3.63, 3.8) is 0 Å². The Morgan fingerprint density at radius 2 is 2.25 bits per heavy atom. The molecular formula is C8H9F2NO. The lowest BCUT2D eigenvalue weighted by atomic mass is 10.2. The number of aromatic nitrogens is 1. The van der Waals surface area contributed by atoms with E-state index in [9.17, 15) is 13.6 Å². The Hall–Kier alpha value is -1.19. The van der Waals surface area contributed by atoms with E-state index in [-0.39, 0.29) is 0 Å². The topological polar surface area (TPSA) is 22.0 Å². The molecule has 1 heterocycles. The van der Waals surface area contributed by atoms with Crippen molar-refractivity contribution < 1.29 is 8.78 Å². The molecule has 0 N–H and O–H groups in total. The highest BCUT2D eigenvalue weighted by Gasteiger charge is 2.08. The van der Waals surface area contributed by atoms with E-state index in [1.54, 1.807) is 13.0 Å². The fraction of sp³-hybridized carbons (Fsp3) is 0.375. The van der Waals surface area contributed by atoms with Gasteiger partial charge < -0.3 is 0 Å². The molecular weight excluding hydrogens is 164 g/mol. The molecule has 0 saturated heterocycles. The summed E-state index contributed by atoms with van der Waals surface area (Å²) in [5.74, 6) is 0. The maximum Gasteiger partial charge on any atom is 0.321 e. The minimum atomic E-state index is -2.75. The van der Waals surface area contributed by atoms with E-state index in [0.717, 1.165) is 6.20 Å². The molecule has 0 amide bonds. The fourth-order valence-corrected chi connectivity index (χ4v) is 0.979. The van der Waals surface area contributed by atoms with Gasteiger partial charge in [-0.2, -0.15) is 8.78 Å². The van der Waals surface area contributed by atoms with Gasteiger partial charge in [0, 0.05) is 11.8 Å². The summed E-state index contributed by atoms with van der Waals surface area (Å²) in [6.45, 7) is -0.990. The molecule has 0 radical (unpaired) electrons. The summed E-state index contributed by atoms with van der Waals surface area (Å²) in [7, 11) is 0. The van der Waals surface area contributed by atoms with Crippen LogP contribution in [0.2, 0.25) is 0 Å². The molecule has 0 atom stereocenters. The van der Waals surface area contributed by atoms with Gasteiger partial charge in [-0.1, -0.05) is 13.0 Å². The molecule has 0 aromatic carbocycles. The summed E-state index contributed by atoms with van der Waals surface area (Å²) in [6.07, 6.45) is 1.57. The van der Waals surface area contributed by atoms with E-state index in [1.165, 1.54) is 6.07 Å². The number of halogens is 2. The van der Waals surface area contributed by atoms with E-state index in [2.05, 4.69) is 0 Å². The van der Waals surface area contributed by atoms with Gasteiger partial charge in [0.1, 0.15) is 0 Å². The second kappa shape index (κ2) is 3.47. The number of hydrogen-bond donors (Lipinski definition) is 0. The van der Waals surface area contributed by atoms with E-state index >= 15 is 0 Å². The van der Waals surface area contributed by atoms with Crippen LogP contribution >= 0.6 is 0 Å². The lowest BCUT2D eigenvalue weighted by Gasteiger charge is -2.04. The summed E-state index contributed by atoms with van der Waals surface area (Å²) in [4.78, 5) is 11.1. The van der Waals surface area contributed by atoms with Crippen LogP contribution in [-0.2, 0) is 6.42 Å². The Morgan fingerprint density at radius 3 is 2.75 bits per heavy atom. The molecule has 12 heavy (non-hydrogen) atoms. The number of alkyl halides is 2. The molecule has 0 aliphatic carbocycles. The van der Waals surface area contributed by atoms with Crippen molar-refractivity contribution in [1.29, 1.82) is 0 Å². The van der Waals surface area contributed by atoms with Crippen LogP contribution in [-0.4, -0.2) is 4.57 Å². The Kier molecular flexibility index (Phi) is 2.58. The van der Waals surface area contributed by atoms with Gasteiger partial charge in [0.15, 0.2) is 0 Å². The SMILES string of the molecule is CCc1cccn(C(F)F)c1=O. The molecule has 66 valence electrons. The highest BCUT2D eigenvalue weighted by atomic mass is 19.3. The van der Waals surface area contributed by atoms with Crippen LogP contribution in [0.25, 0.3) is 0 Å². The largest absolute Gasteiger partial charge is 0.321 e. The van der Waals surface area contributed by atoms with Gasteiger partial charge in [-0.05, 0) is 12.5 Å². The molecule has 0 fully saturated rings. The van der Waals surface area contributed by atoms with Crippen molar-refractivity contribution in [3.8, 4) is 0 Å². The van der Waals surface area contributed by atoms with E-state index in [1.807, 2.05) is 0 Å². The van der Waals surface area contributed by atoms with E-state index in [4.69, 9.17) is 0 Å². The van der Waals surface area contributed by atoms with Crippen molar-refractivity contribution in [1.82, 2.24) is 4.57 Å². The highest BCUT2D eigenvalue weighted by Crippen LogP contribution is 2.05. The third-order valence-corrected chi connectivity index (χ3v) is 1.64. The van der Waals surface area contributed by atoms with Gasteiger partial charge in [0.05, 0.1) is 0 Å². The van der Waals surface area contributed by atoms with Crippen LogP contribution in [0.4, 0.5) is 8.78 Å². The molecule has 0 spiro atoms. The Labute approximate surface area is 68.4 Å². The first kappa shape index (κ1) is 8.90. The maximum absolute atomic E-state index is 12.1. The quantitative estimate of drug-likeness (QED) is 0.668. The summed E-state index contributed by atoms with van der Waals surface area (Å²) < 4.78 is 24.6. The molecule has 0 aliphatic heterocycles. The van der Waals surface area contributed by atoms with Gasteiger partial charge in [-0.15, -0.1) is 0 Å². The zero-order valence-electron chi connectivity index (χ0n) is 6.63. The summed E-state index contributed by atoms with van der Waals surface area (Å²) >= 11 is 0. The standard InChI is InChI=1S/C8H9F2NO/c1-2-6-4-3-5-11(7(6)12)8(9)10/h3-5,8H,2H2,1H3. The zero-order chi connectivity index (χ0) is 9.14. The first-order valence-electron chi connectivity index (χ1n) is 3.65. The highest BCUT2D eigenvalue weighted by molar-refractivity contribution is 5.09. The van der Waals surface area contributed by atoms with Crippen molar-refractivity contribution >= 4 is 0 Å². The maximum atomic E-state index is 12.1. The smallest absolute Gasteiger partial charge is 0.269 e. The summed E-state index contributed by atoms with van der Waals surface area (Å²) in [5, 5.41) is 0. The average Bonchev–Trinajstić information content (AvgIpc) is 2.04. The first-order valence-corrected chi connectivity index (χ1v) is 3.65. The second-order valence-electron chi connectivity index (χ2n) is 2.38. The Balaban J connectivity index is 3.24. The number of rotatable bonds is 2. The van der Waals surface area contributed by atoms with Gasteiger partial charge in [-0.3, -0.25) is 9.36 Å².